The molecule has 0 aliphatic carbocycles. The van der Waals surface area contributed by atoms with Gasteiger partial charge in [0.05, 0.1) is 11.7 Å². The Labute approximate surface area is 113 Å². The molecule has 2 bridgehead atoms. The summed E-state index contributed by atoms with van der Waals surface area (Å²) in [6, 6.07) is 7.23. The lowest BCUT2D eigenvalue weighted by Crippen LogP contribution is -2.55. The molecular formula is C15H20N4. The SMILES string of the molecule is c1cc2cn[nH]c2cc1CNC1CN2CCC1CC2. The fourth-order valence-electron chi connectivity index (χ4n) is 3.54. The zero-order chi connectivity index (χ0) is 12.7. The van der Waals surface area contributed by atoms with Crippen molar-refractivity contribution in [2.24, 2.45) is 5.92 Å². The summed E-state index contributed by atoms with van der Waals surface area (Å²) >= 11 is 0. The van der Waals surface area contributed by atoms with Crippen LogP contribution < -0.4 is 5.32 Å². The number of benzene rings is 1. The number of aromatic nitrogens is 2. The monoisotopic (exact) mass is 256 g/mol. The van der Waals surface area contributed by atoms with Crippen LogP contribution in [-0.2, 0) is 6.54 Å². The molecule has 1 aromatic heterocycles. The predicted octanol–water partition coefficient (Wildman–Crippen LogP) is 1.75. The molecule has 1 atom stereocenters. The number of nitrogens with one attached hydrogen (secondary N) is 2. The molecule has 4 heteroatoms. The van der Waals surface area contributed by atoms with Gasteiger partial charge in [0.1, 0.15) is 0 Å². The molecule has 3 aliphatic rings. The molecule has 0 spiro atoms. The van der Waals surface area contributed by atoms with Crippen molar-refractivity contribution in [2.75, 3.05) is 19.6 Å². The summed E-state index contributed by atoms with van der Waals surface area (Å²) in [7, 11) is 0. The minimum Gasteiger partial charge on any atom is -0.308 e. The summed E-state index contributed by atoms with van der Waals surface area (Å²) in [5.74, 6) is 0.890. The van der Waals surface area contributed by atoms with Crippen molar-refractivity contribution in [3.05, 3.63) is 30.0 Å². The molecule has 4 heterocycles. The van der Waals surface area contributed by atoms with E-state index in [1.807, 2.05) is 6.20 Å². The fraction of sp³-hybridized carbons (Fsp3) is 0.533. The van der Waals surface area contributed by atoms with Gasteiger partial charge in [-0.2, -0.15) is 5.10 Å². The Morgan fingerprint density at radius 1 is 1.32 bits per heavy atom. The average Bonchev–Trinajstić information content (AvgIpc) is 2.94. The first-order valence-electron chi connectivity index (χ1n) is 7.26. The maximum absolute atomic E-state index is 4.07. The molecule has 4 nitrogen and oxygen atoms in total. The summed E-state index contributed by atoms with van der Waals surface area (Å²) in [5, 5.41) is 12.0. The summed E-state index contributed by atoms with van der Waals surface area (Å²) in [6.07, 6.45) is 4.62. The minimum absolute atomic E-state index is 0.681. The number of aromatic amines is 1. The first-order valence-corrected chi connectivity index (χ1v) is 7.26. The van der Waals surface area contributed by atoms with Gasteiger partial charge < -0.3 is 10.2 Å². The highest BCUT2D eigenvalue weighted by atomic mass is 15.2. The number of piperidine rings is 3. The molecule has 3 saturated heterocycles. The Bertz CT molecular complexity index is 568. The molecule has 5 rings (SSSR count). The number of hydrogen-bond donors (Lipinski definition) is 2. The van der Waals surface area contributed by atoms with Crippen LogP contribution in [0, 0.1) is 5.92 Å². The normalized spacial score (nSPS) is 30.0. The number of H-pyrrole nitrogens is 1. The quantitative estimate of drug-likeness (QED) is 0.879. The van der Waals surface area contributed by atoms with Crippen molar-refractivity contribution < 1.29 is 0 Å². The zero-order valence-corrected chi connectivity index (χ0v) is 11.1. The van der Waals surface area contributed by atoms with E-state index in [9.17, 15) is 0 Å². The van der Waals surface area contributed by atoms with E-state index in [0.29, 0.717) is 6.04 Å². The van der Waals surface area contributed by atoms with Gasteiger partial charge in [0.2, 0.25) is 0 Å². The number of nitrogens with zero attached hydrogens (tertiary/aromatic N) is 2. The van der Waals surface area contributed by atoms with E-state index in [4.69, 9.17) is 0 Å². The summed E-state index contributed by atoms with van der Waals surface area (Å²) in [4.78, 5) is 2.59. The molecule has 1 aromatic carbocycles. The van der Waals surface area contributed by atoms with E-state index >= 15 is 0 Å². The predicted molar refractivity (Wildman–Crippen MR) is 75.9 cm³/mol. The second-order valence-electron chi connectivity index (χ2n) is 5.92. The van der Waals surface area contributed by atoms with Gasteiger partial charge in [-0.3, -0.25) is 5.10 Å². The maximum atomic E-state index is 4.07. The second kappa shape index (κ2) is 4.62. The fourth-order valence-corrected chi connectivity index (χ4v) is 3.54. The first-order chi connectivity index (χ1) is 9.38. The van der Waals surface area contributed by atoms with Crippen LogP contribution in [0.4, 0.5) is 0 Å². The van der Waals surface area contributed by atoms with Gasteiger partial charge in [-0.1, -0.05) is 12.1 Å². The molecule has 1 unspecified atom stereocenters. The van der Waals surface area contributed by atoms with Gasteiger partial charge in [-0.05, 0) is 43.5 Å². The van der Waals surface area contributed by atoms with Crippen LogP contribution >= 0.6 is 0 Å². The summed E-state index contributed by atoms with van der Waals surface area (Å²) < 4.78 is 0. The summed E-state index contributed by atoms with van der Waals surface area (Å²) in [5.41, 5.74) is 2.47. The summed E-state index contributed by atoms with van der Waals surface area (Å²) in [6.45, 7) is 4.81. The van der Waals surface area contributed by atoms with Crippen LogP contribution in [0.2, 0.25) is 0 Å². The molecular weight excluding hydrogens is 236 g/mol. The third-order valence-corrected chi connectivity index (χ3v) is 4.73. The van der Waals surface area contributed by atoms with Gasteiger partial charge in [0.25, 0.3) is 0 Å². The third-order valence-electron chi connectivity index (χ3n) is 4.73. The largest absolute Gasteiger partial charge is 0.308 e. The van der Waals surface area contributed by atoms with Crippen LogP contribution in [0.5, 0.6) is 0 Å². The van der Waals surface area contributed by atoms with Gasteiger partial charge in [-0.25, -0.2) is 0 Å². The van der Waals surface area contributed by atoms with Gasteiger partial charge >= 0.3 is 0 Å². The molecule has 100 valence electrons. The first kappa shape index (κ1) is 11.4. The molecule has 0 radical (unpaired) electrons. The van der Waals surface area contributed by atoms with Crippen molar-refractivity contribution in [2.45, 2.75) is 25.4 Å². The van der Waals surface area contributed by atoms with Crippen LogP contribution in [0.1, 0.15) is 18.4 Å². The lowest BCUT2D eigenvalue weighted by molar-refractivity contribution is 0.0720. The van der Waals surface area contributed by atoms with E-state index in [1.165, 1.54) is 43.4 Å². The standard InChI is InChI=1S/C15H20N4/c1-2-13-9-17-18-14(13)7-11(1)8-16-15-10-19-5-3-12(15)4-6-19/h1-2,7,9,12,15-16H,3-6,8,10H2,(H,17,18). The van der Waals surface area contributed by atoms with E-state index in [0.717, 1.165) is 18.0 Å². The van der Waals surface area contributed by atoms with Crippen LogP contribution in [-0.4, -0.2) is 40.8 Å². The molecule has 3 aliphatic heterocycles. The Morgan fingerprint density at radius 2 is 2.21 bits per heavy atom. The van der Waals surface area contributed by atoms with Crippen LogP contribution in [0.25, 0.3) is 10.9 Å². The molecule has 2 aromatic rings. The van der Waals surface area contributed by atoms with Crippen molar-refractivity contribution in [3.8, 4) is 0 Å². The minimum atomic E-state index is 0.681. The van der Waals surface area contributed by atoms with Gasteiger partial charge in [-0.15, -0.1) is 0 Å². The molecule has 0 amide bonds. The Morgan fingerprint density at radius 3 is 3.00 bits per heavy atom. The van der Waals surface area contributed by atoms with Crippen molar-refractivity contribution in [1.82, 2.24) is 20.4 Å². The van der Waals surface area contributed by atoms with Crippen LogP contribution in [0.3, 0.4) is 0 Å². The number of fused-ring (bicyclic) bond motifs is 4. The van der Waals surface area contributed by atoms with Crippen molar-refractivity contribution >= 4 is 10.9 Å². The average molecular weight is 256 g/mol. The zero-order valence-electron chi connectivity index (χ0n) is 11.1. The molecule has 0 saturated carbocycles. The van der Waals surface area contributed by atoms with Crippen molar-refractivity contribution in [1.29, 1.82) is 0 Å². The highest BCUT2D eigenvalue weighted by molar-refractivity contribution is 5.78. The highest BCUT2D eigenvalue weighted by Crippen LogP contribution is 2.27. The third kappa shape index (κ3) is 2.15. The molecule has 19 heavy (non-hydrogen) atoms. The topological polar surface area (TPSA) is 44.0 Å². The van der Waals surface area contributed by atoms with Crippen LogP contribution in [0.15, 0.2) is 24.4 Å². The van der Waals surface area contributed by atoms with E-state index in [1.54, 1.807) is 0 Å². The van der Waals surface area contributed by atoms with Crippen molar-refractivity contribution in [3.63, 3.8) is 0 Å². The number of rotatable bonds is 3. The van der Waals surface area contributed by atoms with E-state index in [-0.39, 0.29) is 0 Å². The lowest BCUT2D eigenvalue weighted by atomic mass is 9.84. The van der Waals surface area contributed by atoms with E-state index in [2.05, 4.69) is 38.6 Å². The lowest BCUT2D eigenvalue weighted by Gasteiger charge is -2.45. The second-order valence-corrected chi connectivity index (χ2v) is 5.92. The smallest absolute Gasteiger partial charge is 0.0653 e. The van der Waals surface area contributed by atoms with Gasteiger partial charge in [0, 0.05) is 24.5 Å². The van der Waals surface area contributed by atoms with Gasteiger partial charge in [0.15, 0.2) is 0 Å². The van der Waals surface area contributed by atoms with E-state index < -0.39 is 0 Å². The Hall–Kier alpha value is -1.39. The Balaban J connectivity index is 1.44. The Kier molecular flexibility index (Phi) is 2.78. The number of hydrogen-bond acceptors (Lipinski definition) is 3. The highest BCUT2D eigenvalue weighted by Gasteiger charge is 2.33. The molecule has 3 fully saturated rings. The maximum Gasteiger partial charge on any atom is 0.0653 e. The molecule has 2 N–H and O–H groups in total.